The molecule has 11 atom stereocenters. The molecule has 0 radical (unpaired) electrons. The normalized spacial score (nSPS) is 32.7. The summed E-state index contributed by atoms with van der Waals surface area (Å²) in [5, 5.41) is 3.17. The molecule has 7 heteroatoms. The Hall–Kier alpha value is -1.51. The summed E-state index contributed by atoms with van der Waals surface area (Å²) in [4.78, 5) is 13.2. The number of fused-ring (bicyclic) bond motifs is 5. The van der Waals surface area contributed by atoms with E-state index in [0.29, 0.717) is 63.1 Å². The standard InChI is InChI=1S/C60H107N3O4/c1-8-9-10-11-12-13-14-15-16-17-18-19-20-21-22-23-39-66-46-53(45-51-29-25-27-48(51)4)67-42-41-65-40-38-63-56(64)44-50-30-34-57(6)52(43-50)31-36-59(61)55(57)33-35-58(7)54(32-37-60(58,59)62)49(5)28-24-26-47(2)3/h12-13,15-16,31,47-51,53-55H,8-11,14,17-30,32-46,61-62H2,1-7H3,(H,63,64)/b13-12-,16-15-/t48?,49-,50+,51?,53?,54-,55-,57+,58-,59?,60+/m1/s1. The number of hydrogen-bond acceptors (Lipinski definition) is 6. The van der Waals surface area contributed by atoms with Crippen LogP contribution in [0.15, 0.2) is 36.0 Å². The number of carbonyl (C=O) groups excluding carboxylic acids is 1. The van der Waals surface area contributed by atoms with E-state index >= 15 is 0 Å². The van der Waals surface area contributed by atoms with Crippen molar-refractivity contribution in [2.45, 2.75) is 245 Å². The number of amides is 1. The maximum atomic E-state index is 13.2. The van der Waals surface area contributed by atoms with Crippen molar-refractivity contribution in [3.8, 4) is 0 Å². The number of rotatable bonds is 33. The van der Waals surface area contributed by atoms with Crippen LogP contribution in [-0.4, -0.2) is 62.7 Å². The van der Waals surface area contributed by atoms with E-state index in [1.807, 2.05) is 0 Å². The van der Waals surface area contributed by atoms with Gasteiger partial charge in [-0.05, 0) is 149 Å². The highest BCUT2D eigenvalue weighted by Gasteiger charge is 2.71. The monoisotopic (exact) mass is 934 g/mol. The van der Waals surface area contributed by atoms with Crippen LogP contribution < -0.4 is 16.8 Å². The van der Waals surface area contributed by atoms with E-state index in [1.54, 1.807) is 5.57 Å². The second kappa shape index (κ2) is 28.5. The third-order valence-corrected chi connectivity index (χ3v) is 19.0. The number of allylic oxidation sites excluding steroid dienone is 5. The van der Waals surface area contributed by atoms with Crippen molar-refractivity contribution in [2.75, 3.05) is 39.6 Å². The SMILES string of the molecule is CCCCC/C=C\C/C=C\CCCCCCCCOCC(CC1CCCC1C)OCCOCCNC(=O)C[C@H]1CC[C@@]2(C)C(=CCC3(N)[C@@H]2CC[C@]2(C)[C@@H]([C@H](C)CCCC(C)C)CC[C@@]32N)C1. The first-order chi connectivity index (χ1) is 32.3. The van der Waals surface area contributed by atoms with Gasteiger partial charge in [-0.3, -0.25) is 4.79 Å². The van der Waals surface area contributed by atoms with Crippen molar-refractivity contribution in [2.24, 2.45) is 63.7 Å². The van der Waals surface area contributed by atoms with E-state index < -0.39 is 0 Å². The average Bonchev–Trinajstić information content (AvgIpc) is 3.83. The minimum atomic E-state index is -0.369. The molecule has 5 aliphatic carbocycles. The zero-order chi connectivity index (χ0) is 48.2. The summed E-state index contributed by atoms with van der Waals surface area (Å²) in [5.41, 5.74) is 16.5. The molecule has 1 amide bonds. The molecule has 0 bridgehead atoms. The van der Waals surface area contributed by atoms with Crippen LogP contribution in [0.4, 0.5) is 0 Å². The van der Waals surface area contributed by atoms with E-state index in [4.69, 9.17) is 25.7 Å². The summed E-state index contributed by atoms with van der Waals surface area (Å²) in [7, 11) is 0. The molecule has 5 rings (SSSR count). The van der Waals surface area contributed by atoms with Gasteiger partial charge < -0.3 is 31.0 Å². The summed E-state index contributed by atoms with van der Waals surface area (Å²) < 4.78 is 18.6. The maximum Gasteiger partial charge on any atom is 0.220 e. The molecular weight excluding hydrogens is 827 g/mol. The Kier molecular flexibility index (Phi) is 24.0. The Morgan fingerprint density at radius 1 is 0.806 bits per heavy atom. The molecule has 4 saturated carbocycles. The molecule has 0 aromatic rings. The molecule has 7 nitrogen and oxygen atoms in total. The highest BCUT2D eigenvalue weighted by atomic mass is 16.5. The second-order valence-corrected chi connectivity index (χ2v) is 24.1. The lowest BCUT2D eigenvalue weighted by Gasteiger charge is -2.67. The van der Waals surface area contributed by atoms with Crippen molar-refractivity contribution in [1.29, 1.82) is 0 Å². The minimum absolute atomic E-state index is 0.0770. The molecule has 0 aromatic heterocycles. The highest BCUT2D eigenvalue weighted by Crippen LogP contribution is 2.69. The van der Waals surface area contributed by atoms with Gasteiger partial charge >= 0.3 is 0 Å². The Labute approximate surface area is 413 Å². The van der Waals surface area contributed by atoms with Crippen LogP contribution in [-0.2, 0) is 19.0 Å². The van der Waals surface area contributed by atoms with Gasteiger partial charge in [0, 0.05) is 30.7 Å². The molecule has 4 fully saturated rings. The first-order valence-corrected chi connectivity index (χ1v) is 28.9. The second-order valence-electron chi connectivity index (χ2n) is 24.1. The van der Waals surface area contributed by atoms with Gasteiger partial charge in [-0.1, -0.05) is 161 Å². The van der Waals surface area contributed by atoms with Crippen LogP contribution in [0.2, 0.25) is 0 Å². The Bertz CT molecular complexity index is 1510. The summed E-state index contributed by atoms with van der Waals surface area (Å²) in [6.45, 7) is 20.5. The fraction of sp³-hybridized carbons (Fsp3) is 0.883. The lowest BCUT2D eigenvalue weighted by Crippen LogP contribution is -2.79. The number of unbranched alkanes of at least 4 members (excludes halogenated alkanes) is 9. The fourth-order valence-corrected chi connectivity index (χ4v) is 14.6. The van der Waals surface area contributed by atoms with Crippen molar-refractivity contribution in [3.05, 3.63) is 36.0 Å². The van der Waals surface area contributed by atoms with Gasteiger partial charge in [-0.2, -0.15) is 0 Å². The van der Waals surface area contributed by atoms with Gasteiger partial charge in [0.25, 0.3) is 0 Å². The predicted molar refractivity (Wildman–Crippen MR) is 283 cm³/mol. The number of ether oxygens (including phenoxy) is 3. The van der Waals surface area contributed by atoms with Crippen molar-refractivity contribution >= 4 is 5.91 Å². The fourth-order valence-electron chi connectivity index (χ4n) is 14.6. The molecule has 0 heterocycles. The zero-order valence-electron chi connectivity index (χ0n) is 44.8. The lowest BCUT2D eigenvalue weighted by molar-refractivity contribution is -0.123. The van der Waals surface area contributed by atoms with Gasteiger partial charge in [0.05, 0.1) is 32.5 Å². The number of nitrogens with one attached hydrogen (secondary N) is 1. The van der Waals surface area contributed by atoms with E-state index in [1.165, 1.54) is 122 Å². The van der Waals surface area contributed by atoms with Crippen LogP contribution >= 0.6 is 0 Å². The van der Waals surface area contributed by atoms with E-state index in [2.05, 4.69) is 84.2 Å². The zero-order valence-corrected chi connectivity index (χ0v) is 44.8. The number of nitrogens with two attached hydrogens (primary N) is 2. The minimum Gasteiger partial charge on any atom is -0.379 e. The largest absolute Gasteiger partial charge is 0.379 e. The molecule has 67 heavy (non-hydrogen) atoms. The third-order valence-electron chi connectivity index (χ3n) is 19.0. The van der Waals surface area contributed by atoms with Gasteiger partial charge in [-0.15, -0.1) is 0 Å². The summed E-state index contributed by atoms with van der Waals surface area (Å²) >= 11 is 0. The molecular formula is C60H107N3O4. The van der Waals surface area contributed by atoms with E-state index in [9.17, 15) is 4.79 Å². The smallest absolute Gasteiger partial charge is 0.220 e. The molecule has 5 N–H and O–H groups in total. The molecule has 4 unspecified atom stereocenters. The molecule has 0 aromatic carbocycles. The van der Waals surface area contributed by atoms with Crippen molar-refractivity contribution in [3.63, 3.8) is 0 Å². The Morgan fingerprint density at radius 3 is 2.28 bits per heavy atom. The Balaban J connectivity index is 0.935. The third kappa shape index (κ3) is 15.7. The van der Waals surface area contributed by atoms with Crippen LogP contribution in [0.5, 0.6) is 0 Å². The Morgan fingerprint density at radius 2 is 1.55 bits per heavy atom. The molecule has 0 aliphatic heterocycles. The molecule has 0 saturated heterocycles. The first kappa shape index (κ1) is 56.4. The summed E-state index contributed by atoms with van der Waals surface area (Å²) in [6, 6.07) is 0. The molecule has 5 aliphatic rings. The van der Waals surface area contributed by atoms with Crippen LogP contribution in [0.3, 0.4) is 0 Å². The quantitative estimate of drug-likeness (QED) is 0.0447. The number of carbonyl (C=O) groups is 1. The predicted octanol–water partition coefficient (Wildman–Crippen LogP) is 14.4. The highest BCUT2D eigenvalue weighted by molar-refractivity contribution is 5.76. The van der Waals surface area contributed by atoms with Gasteiger partial charge in [0.2, 0.25) is 5.91 Å². The first-order valence-electron chi connectivity index (χ1n) is 28.9. The number of hydrogen-bond donors (Lipinski definition) is 3. The maximum absolute atomic E-state index is 13.2. The van der Waals surface area contributed by atoms with Crippen molar-refractivity contribution < 1.29 is 19.0 Å². The van der Waals surface area contributed by atoms with Gasteiger partial charge in [0.1, 0.15) is 0 Å². The molecule has 386 valence electrons. The summed E-state index contributed by atoms with van der Waals surface area (Å²) in [6.07, 6.45) is 45.4. The summed E-state index contributed by atoms with van der Waals surface area (Å²) in [5.74, 6) is 4.56. The van der Waals surface area contributed by atoms with Crippen LogP contribution in [0, 0.1) is 52.3 Å². The average molecular weight is 935 g/mol. The van der Waals surface area contributed by atoms with Crippen molar-refractivity contribution in [1.82, 2.24) is 5.32 Å². The van der Waals surface area contributed by atoms with E-state index in [0.717, 1.165) is 75.7 Å². The topological polar surface area (TPSA) is 109 Å². The molecule has 0 spiro atoms. The van der Waals surface area contributed by atoms with Crippen LogP contribution in [0.1, 0.15) is 228 Å². The van der Waals surface area contributed by atoms with Gasteiger partial charge in [-0.25, -0.2) is 0 Å². The van der Waals surface area contributed by atoms with Crippen LogP contribution in [0.25, 0.3) is 0 Å². The van der Waals surface area contributed by atoms with Gasteiger partial charge in [0.15, 0.2) is 0 Å². The lowest BCUT2D eigenvalue weighted by atomic mass is 9.41. The van der Waals surface area contributed by atoms with E-state index in [-0.39, 0.29) is 33.9 Å².